The first kappa shape index (κ1) is 26.7. The second-order valence-electron chi connectivity index (χ2n) is 10.3. The van der Waals surface area contributed by atoms with Crippen LogP contribution in [-0.4, -0.2) is 34.1 Å². The van der Waals surface area contributed by atoms with Crippen molar-refractivity contribution < 1.29 is 19.4 Å². The zero-order valence-corrected chi connectivity index (χ0v) is 22.3. The fourth-order valence-electron chi connectivity index (χ4n) is 4.16. The van der Waals surface area contributed by atoms with Crippen LogP contribution in [0.5, 0.6) is 11.5 Å². The molecule has 0 bridgehead atoms. The topological polar surface area (TPSA) is 73.6 Å². The number of benzene rings is 3. The van der Waals surface area contributed by atoms with Crippen LogP contribution in [0.1, 0.15) is 48.6 Å². The number of hydrogen-bond donors (Lipinski definition) is 1. The third-order valence-electron chi connectivity index (χ3n) is 6.27. The molecule has 1 N–H and O–H groups in total. The fourth-order valence-corrected chi connectivity index (χ4v) is 4.16. The van der Waals surface area contributed by atoms with Crippen molar-refractivity contribution in [3.63, 3.8) is 0 Å². The number of ether oxygens (including phenoxy) is 2. The second-order valence-corrected chi connectivity index (χ2v) is 10.3. The zero-order chi connectivity index (χ0) is 27.1. The summed E-state index contributed by atoms with van der Waals surface area (Å²) in [6, 6.07) is 24.6. The van der Waals surface area contributed by atoms with Crippen molar-refractivity contribution in [3.8, 4) is 11.5 Å². The Morgan fingerprint density at radius 2 is 1.66 bits per heavy atom. The van der Waals surface area contributed by atoms with E-state index in [1.54, 1.807) is 18.3 Å². The van der Waals surface area contributed by atoms with Gasteiger partial charge in [0.2, 0.25) is 0 Å². The highest BCUT2D eigenvalue weighted by molar-refractivity contribution is 5.80. The van der Waals surface area contributed by atoms with Gasteiger partial charge in [-0.15, -0.1) is 0 Å². The Bertz CT molecular complexity index is 1380. The lowest BCUT2D eigenvalue weighted by Crippen LogP contribution is -2.10. The van der Waals surface area contributed by atoms with Crippen LogP contribution in [0, 0.1) is 6.92 Å². The molecule has 0 aliphatic rings. The van der Waals surface area contributed by atoms with Gasteiger partial charge in [-0.05, 0) is 76.1 Å². The van der Waals surface area contributed by atoms with Crippen LogP contribution in [0.3, 0.4) is 0 Å². The molecule has 0 atom stereocenters. The Morgan fingerprint density at radius 1 is 0.974 bits per heavy atom. The molecule has 1 aromatic heterocycles. The van der Waals surface area contributed by atoms with E-state index in [-0.39, 0.29) is 12.0 Å². The van der Waals surface area contributed by atoms with E-state index in [1.165, 1.54) is 11.1 Å². The normalized spacial score (nSPS) is 11.8. The molecule has 1 heterocycles. The number of aryl methyl sites for hydroxylation is 1. The molecule has 4 aromatic rings. The number of carboxylic acid groups (broad SMARTS) is 1. The van der Waals surface area contributed by atoms with Crippen LogP contribution in [0.15, 0.2) is 91.3 Å². The van der Waals surface area contributed by atoms with Crippen molar-refractivity contribution in [3.05, 3.63) is 119 Å². The first-order valence-corrected chi connectivity index (χ1v) is 12.6. The molecular formula is C32H34N2O4. The van der Waals surface area contributed by atoms with Crippen LogP contribution in [0.4, 0.5) is 0 Å². The molecular weight excluding hydrogens is 476 g/mol. The maximum absolute atomic E-state index is 10.8. The highest BCUT2D eigenvalue weighted by atomic mass is 16.5. The monoisotopic (exact) mass is 510 g/mol. The number of aromatic nitrogens is 2. The van der Waals surface area contributed by atoms with Crippen molar-refractivity contribution in [2.75, 3.05) is 13.2 Å². The van der Waals surface area contributed by atoms with Crippen molar-refractivity contribution >= 4 is 11.5 Å². The van der Waals surface area contributed by atoms with E-state index in [0.717, 1.165) is 28.8 Å². The Morgan fingerprint density at radius 3 is 2.24 bits per heavy atom. The van der Waals surface area contributed by atoms with Gasteiger partial charge < -0.3 is 14.6 Å². The largest absolute Gasteiger partial charge is 0.489 e. The van der Waals surface area contributed by atoms with Gasteiger partial charge in [-0.25, -0.2) is 4.79 Å². The van der Waals surface area contributed by atoms with Crippen LogP contribution in [0.25, 0.3) is 5.57 Å². The third-order valence-corrected chi connectivity index (χ3v) is 6.27. The highest BCUT2D eigenvalue weighted by Gasteiger charge is 2.14. The molecule has 6 nitrogen and oxygen atoms in total. The van der Waals surface area contributed by atoms with Gasteiger partial charge in [-0.2, -0.15) is 5.10 Å². The molecule has 6 heteroatoms. The van der Waals surface area contributed by atoms with Crippen LogP contribution in [0.2, 0.25) is 0 Å². The summed E-state index contributed by atoms with van der Waals surface area (Å²) < 4.78 is 13.3. The number of aliphatic carboxylic acids is 1. The molecule has 4 rings (SSSR count). The lowest BCUT2D eigenvalue weighted by molar-refractivity contribution is -0.139. The first-order valence-electron chi connectivity index (χ1n) is 12.6. The Kier molecular flexibility index (Phi) is 8.31. The van der Waals surface area contributed by atoms with E-state index in [0.29, 0.717) is 18.1 Å². The molecule has 0 fully saturated rings. The summed E-state index contributed by atoms with van der Waals surface area (Å²) in [5.74, 6) is 0.218. The van der Waals surface area contributed by atoms with Crippen LogP contribution >= 0.6 is 0 Å². The molecule has 0 saturated heterocycles. The summed E-state index contributed by atoms with van der Waals surface area (Å²) in [6.45, 7) is 9.23. The smallest absolute Gasteiger partial charge is 0.341 e. The van der Waals surface area contributed by atoms with E-state index in [1.807, 2.05) is 29.9 Å². The highest BCUT2D eigenvalue weighted by Crippen LogP contribution is 2.29. The van der Waals surface area contributed by atoms with E-state index in [9.17, 15) is 4.79 Å². The summed E-state index contributed by atoms with van der Waals surface area (Å²) in [4.78, 5) is 10.8. The minimum atomic E-state index is -1.01. The number of rotatable bonds is 10. The molecule has 0 spiro atoms. The summed E-state index contributed by atoms with van der Waals surface area (Å²) in [6.07, 6.45) is 5.84. The molecule has 0 radical (unpaired) electrons. The van der Waals surface area contributed by atoms with E-state index < -0.39 is 5.97 Å². The minimum absolute atomic E-state index is 0.0812. The average Bonchev–Trinajstić information content (AvgIpc) is 3.39. The number of nitrogens with zero attached hydrogens (tertiary/aromatic N) is 2. The third kappa shape index (κ3) is 7.13. The molecule has 196 valence electrons. The van der Waals surface area contributed by atoms with Gasteiger partial charge in [0.1, 0.15) is 18.1 Å². The summed E-state index contributed by atoms with van der Waals surface area (Å²) >= 11 is 0. The van der Waals surface area contributed by atoms with Crippen LogP contribution in [-0.2, 0) is 16.8 Å². The Hall–Kier alpha value is -4.32. The number of hydrogen-bond acceptors (Lipinski definition) is 4. The summed E-state index contributed by atoms with van der Waals surface area (Å²) in [5.41, 5.74) is 6.68. The van der Waals surface area contributed by atoms with Crippen molar-refractivity contribution in [2.24, 2.45) is 0 Å². The van der Waals surface area contributed by atoms with Crippen molar-refractivity contribution in [1.82, 2.24) is 9.78 Å². The van der Waals surface area contributed by atoms with Gasteiger partial charge in [0.25, 0.3) is 0 Å². The maximum Gasteiger partial charge on any atom is 0.341 e. The van der Waals surface area contributed by atoms with E-state index >= 15 is 0 Å². The Balaban J connectivity index is 1.55. The van der Waals surface area contributed by atoms with Crippen molar-refractivity contribution in [1.29, 1.82) is 0 Å². The molecule has 38 heavy (non-hydrogen) atoms. The van der Waals surface area contributed by atoms with Gasteiger partial charge in [0, 0.05) is 12.4 Å². The summed E-state index contributed by atoms with van der Waals surface area (Å²) in [7, 11) is 0. The lowest BCUT2D eigenvalue weighted by atomic mass is 9.85. The summed E-state index contributed by atoms with van der Waals surface area (Å²) in [5, 5.41) is 13.1. The average molecular weight is 511 g/mol. The first-order chi connectivity index (χ1) is 18.2. The van der Waals surface area contributed by atoms with Gasteiger partial charge >= 0.3 is 5.97 Å². The predicted molar refractivity (Wildman–Crippen MR) is 150 cm³/mol. The van der Waals surface area contributed by atoms with Gasteiger partial charge in [0.15, 0.2) is 6.61 Å². The van der Waals surface area contributed by atoms with E-state index in [4.69, 9.17) is 14.6 Å². The molecule has 0 unspecified atom stereocenters. The lowest BCUT2D eigenvalue weighted by Gasteiger charge is -2.20. The predicted octanol–water partition coefficient (Wildman–Crippen LogP) is 6.51. The SMILES string of the molecule is Cc1cc(OC/C=C(\c2ccc(Cn3cccn3)cc2)c2ccc(C(C)(C)C)cc2)ccc1OCC(=O)O. The number of carbonyl (C=O) groups is 1. The fraction of sp³-hybridized carbons (Fsp3) is 0.250. The maximum atomic E-state index is 10.8. The Labute approximate surface area is 224 Å². The minimum Gasteiger partial charge on any atom is -0.489 e. The molecule has 0 aliphatic heterocycles. The van der Waals surface area contributed by atoms with Gasteiger partial charge in [-0.3, -0.25) is 4.68 Å². The molecule has 0 aliphatic carbocycles. The van der Waals surface area contributed by atoms with Gasteiger partial charge in [-0.1, -0.05) is 69.3 Å². The molecule has 3 aromatic carbocycles. The standard InChI is InChI=1S/C32H34N2O4/c1-23-20-28(14-15-30(23)38-22-31(35)36)37-19-16-29(26-10-12-27(13-11-26)32(2,3)4)25-8-6-24(7-9-25)21-34-18-5-17-33-34/h5-18,20H,19,21-22H2,1-4H3,(H,35,36)/b29-16+. The molecule has 0 amide bonds. The number of carboxylic acids is 1. The second kappa shape index (κ2) is 11.8. The van der Waals surface area contributed by atoms with Gasteiger partial charge in [0.05, 0.1) is 6.54 Å². The molecule has 0 saturated carbocycles. The quantitative estimate of drug-likeness (QED) is 0.263. The van der Waals surface area contributed by atoms with Crippen molar-refractivity contribution in [2.45, 2.75) is 39.7 Å². The van der Waals surface area contributed by atoms with E-state index in [2.05, 4.69) is 80.5 Å². The zero-order valence-electron chi connectivity index (χ0n) is 22.3. The van der Waals surface area contributed by atoms with Crippen LogP contribution < -0.4 is 9.47 Å².